The standard InChI is InChI=1S/C14H12BrFO5/c1-14(2)20-12(17)8(13(18)21-14)4-7-5-10(16)9(15)6-11(7)19-3/h4-6H,1-3H3. The van der Waals surface area contributed by atoms with Crippen LogP contribution in [0, 0.1) is 5.82 Å². The number of hydrogen-bond acceptors (Lipinski definition) is 5. The third kappa shape index (κ3) is 3.24. The molecule has 1 heterocycles. The second-order valence-electron chi connectivity index (χ2n) is 4.75. The van der Waals surface area contributed by atoms with Gasteiger partial charge in [0.15, 0.2) is 0 Å². The lowest BCUT2D eigenvalue weighted by Gasteiger charge is -2.29. The predicted octanol–water partition coefficient (Wildman–Crippen LogP) is 2.82. The number of rotatable bonds is 2. The molecule has 1 aromatic carbocycles. The van der Waals surface area contributed by atoms with Gasteiger partial charge in [-0.05, 0) is 34.1 Å². The van der Waals surface area contributed by atoms with Gasteiger partial charge in [0, 0.05) is 19.4 Å². The molecule has 0 spiro atoms. The summed E-state index contributed by atoms with van der Waals surface area (Å²) in [6.07, 6.45) is 1.17. The van der Waals surface area contributed by atoms with E-state index in [4.69, 9.17) is 14.2 Å². The van der Waals surface area contributed by atoms with Crippen molar-refractivity contribution in [1.29, 1.82) is 0 Å². The summed E-state index contributed by atoms with van der Waals surface area (Å²) in [4.78, 5) is 23.7. The van der Waals surface area contributed by atoms with Crippen LogP contribution in [0.15, 0.2) is 22.2 Å². The van der Waals surface area contributed by atoms with Gasteiger partial charge in [-0.25, -0.2) is 14.0 Å². The number of hydrogen-bond donors (Lipinski definition) is 0. The highest BCUT2D eigenvalue weighted by Gasteiger charge is 2.39. The highest BCUT2D eigenvalue weighted by atomic mass is 79.9. The minimum absolute atomic E-state index is 0.205. The van der Waals surface area contributed by atoms with Gasteiger partial charge in [0.05, 0.1) is 11.6 Å². The van der Waals surface area contributed by atoms with Crippen LogP contribution in [-0.2, 0) is 19.1 Å². The fraction of sp³-hybridized carbons (Fsp3) is 0.286. The van der Waals surface area contributed by atoms with Gasteiger partial charge in [0.2, 0.25) is 0 Å². The maximum absolute atomic E-state index is 13.6. The lowest BCUT2D eigenvalue weighted by atomic mass is 10.1. The summed E-state index contributed by atoms with van der Waals surface area (Å²) in [6, 6.07) is 2.53. The Hall–Kier alpha value is -1.89. The van der Waals surface area contributed by atoms with Crippen molar-refractivity contribution in [3.05, 3.63) is 33.6 Å². The molecule has 1 aromatic rings. The van der Waals surface area contributed by atoms with Crippen LogP contribution in [0.1, 0.15) is 19.4 Å². The van der Waals surface area contributed by atoms with Crippen LogP contribution in [0.5, 0.6) is 5.75 Å². The van der Waals surface area contributed by atoms with Gasteiger partial charge in [-0.2, -0.15) is 0 Å². The largest absolute Gasteiger partial charge is 0.496 e. The molecule has 0 radical (unpaired) electrons. The summed E-state index contributed by atoms with van der Waals surface area (Å²) in [6.45, 7) is 2.89. The maximum Gasteiger partial charge on any atom is 0.348 e. The van der Waals surface area contributed by atoms with Crippen molar-refractivity contribution in [2.45, 2.75) is 19.6 Å². The number of cyclic esters (lactones) is 2. The first-order chi connectivity index (χ1) is 9.73. The van der Waals surface area contributed by atoms with E-state index in [1.54, 1.807) is 0 Å². The van der Waals surface area contributed by atoms with E-state index in [0.29, 0.717) is 5.75 Å². The number of benzene rings is 1. The lowest BCUT2D eigenvalue weighted by Crippen LogP contribution is -2.41. The van der Waals surface area contributed by atoms with Crippen molar-refractivity contribution in [3.8, 4) is 5.75 Å². The van der Waals surface area contributed by atoms with E-state index in [0.717, 1.165) is 6.07 Å². The van der Waals surface area contributed by atoms with Crippen LogP contribution < -0.4 is 4.74 Å². The molecule has 21 heavy (non-hydrogen) atoms. The number of carbonyl (C=O) groups excluding carboxylic acids is 2. The van der Waals surface area contributed by atoms with Crippen LogP contribution in [0.3, 0.4) is 0 Å². The van der Waals surface area contributed by atoms with Crippen molar-refractivity contribution in [3.63, 3.8) is 0 Å². The first-order valence-electron chi connectivity index (χ1n) is 5.95. The van der Waals surface area contributed by atoms with Gasteiger partial charge >= 0.3 is 11.9 Å². The van der Waals surface area contributed by atoms with E-state index in [-0.39, 0.29) is 15.6 Å². The fourth-order valence-electron chi connectivity index (χ4n) is 1.77. The van der Waals surface area contributed by atoms with E-state index in [1.165, 1.54) is 33.1 Å². The fourth-order valence-corrected chi connectivity index (χ4v) is 2.09. The molecule has 0 amide bonds. The van der Waals surface area contributed by atoms with E-state index in [2.05, 4.69) is 15.9 Å². The molecule has 5 nitrogen and oxygen atoms in total. The third-order valence-electron chi connectivity index (χ3n) is 2.69. The molecule has 0 N–H and O–H groups in total. The van der Waals surface area contributed by atoms with Crippen molar-refractivity contribution < 1.29 is 28.2 Å². The van der Waals surface area contributed by atoms with Crippen molar-refractivity contribution in [2.75, 3.05) is 7.11 Å². The van der Waals surface area contributed by atoms with E-state index in [9.17, 15) is 14.0 Å². The number of methoxy groups -OCH3 is 1. The van der Waals surface area contributed by atoms with Gasteiger partial charge < -0.3 is 14.2 Å². The highest BCUT2D eigenvalue weighted by Crippen LogP contribution is 2.30. The Labute approximate surface area is 128 Å². The molecule has 112 valence electrons. The van der Waals surface area contributed by atoms with Crippen molar-refractivity contribution >= 4 is 33.9 Å². The summed E-state index contributed by atoms with van der Waals surface area (Å²) >= 11 is 3.03. The van der Waals surface area contributed by atoms with Gasteiger partial charge in [0.1, 0.15) is 17.1 Å². The molecule has 7 heteroatoms. The Morgan fingerprint density at radius 2 is 1.81 bits per heavy atom. The smallest absolute Gasteiger partial charge is 0.348 e. The first kappa shape index (κ1) is 15.5. The second-order valence-corrected chi connectivity index (χ2v) is 5.60. The molecule has 0 unspecified atom stereocenters. The van der Waals surface area contributed by atoms with E-state index in [1.807, 2.05) is 0 Å². The molecule has 0 bridgehead atoms. The second kappa shape index (κ2) is 5.48. The van der Waals surface area contributed by atoms with Gasteiger partial charge in [-0.15, -0.1) is 0 Å². The van der Waals surface area contributed by atoms with Crippen molar-refractivity contribution in [2.24, 2.45) is 0 Å². The Morgan fingerprint density at radius 3 is 2.33 bits per heavy atom. The number of carbonyl (C=O) groups is 2. The molecular formula is C14H12BrFO5. The van der Waals surface area contributed by atoms with Crippen LogP contribution >= 0.6 is 15.9 Å². The molecule has 1 fully saturated rings. The number of ether oxygens (including phenoxy) is 3. The molecular weight excluding hydrogens is 347 g/mol. The molecule has 0 aromatic heterocycles. The average molecular weight is 359 g/mol. The monoisotopic (exact) mass is 358 g/mol. The van der Waals surface area contributed by atoms with Crippen LogP contribution in [0.25, 0.3) is 6.08 Å². The molecule has 1 aliphatic rings. The Bertz CT molecular complexity index is 629. The minimum Gasteiger partial charge on any atom is -0.496 e. The first-order valence-corrected chi connectivity index (χ1v) is 6.74. The average Bonchev–Trinajstić information content (AvgIpc) is 2.36. The zero-order chi connectivity index (χ0) is 15.8. The number of halogens is 2. The van der Waals surface area contributed by atoms with Crippen LogP contribution in [-0.4, -0.2) is 24.8 Å². The molecule has 0 saturated carbocycles. The molecule has 1 aliphatic heterocycles. The zero-order valence-electron chi connectivity index (χ0n) is 11.5. The van der Waals surface area contributed by atoms with Crippen LogP contribution in [0.2, 0.25) is 0 Å². The number of esters is 2. The Balaban J connectivity index is 2.47. The molecule has 0 atom stereocenters. The van der Waals surface area contributed by atoms with Gasteiger partial charge in [-0.1, -0.05) is 0 Å². The summed E-state index contributed by atoms with van der Waals surface area (Å²) in [5.74, 6) is -3.24. The topological polar surface area (TPSA) is 61.8 Å². The molecule has 2 rings (SSSR count). The molecule has 0 aliphatic carbocycles. The van der Waals surface area contributed by atoms with Crippen molar-refractivity contribution in [1.82, 2.24) is 0 Å². The third-order valence-corrected chi connectivity index (χ3v) is 3.30. The van der Waals surface area contributed by atoms with E-state index >= 15 is 0 Å². The SMILES string of the molecule is COc1cc(Br)c(F)cc1C=C1C(=O)OC(C)(C)OC1=O. The summed E-state index contributed by atoms with van der Waals surface area (Å²) < 4.78 is 28.8. The lowest BCUT2D eigenvalue weighted by molar-refractivity contribution is -0.222. The van der Waals surface area contributed by atoms with E-state index < -0.39 is 23.5 Å². The minimum atomic E-state index is -1.32. The predicted molar refractivity (Wildman–Crippen MR) is 74.9 cm³/mol. The Kier molecular flexibility index (Phi) is 4.04. The highest BCUT2D eigenvalue weighted by molar-refractivity contribution is 9.10. The maximum atomic E-state index is 13.6. The van der Waals surface area contributed by atoms with Gasteiger partial charge in [0.25, 0.3) is 5.79 Å². The quantitative estimate of drug-likeness (QED) is 0.462. The Morgan fingerprint density at radius 1 is 1.24 bits per heavy atom. The molecule has 1 saturated heterocycles. The summed E-state index contributed by atoms with van der Waals surface area (Å²) in [7, 11) is 1.39. The van der Waals surface area contributed by atoms with Crippen LogP contribution in [0.4, 0.5) is 4.39 Å². The van der Waals surface area contributed by atoms with Gasteiger partial charge in [-0.3, -0.25) is 0 Å². The normalized spacial score (nSPS) is 17.1. The summed E-state index contributed by atoms with van der Waals surface area (Å²) in [5, 5.41) is 0. The summed E-state index contributed by atoms with van der Waals surface area (Å²) in [5.41, 5.74) is -0.101. The zero-order valence-corrected chi connectivity index (χ0v) is 13.1.